The van der Waals surface area contributed by atoms with Crippen molar-refractivity contribution in [2.24, 2.45) is 0 Å². The molecule has 0 saturated carbocycles. The van der Waals surface area contributed by atoms with Gasteiger partial charge in [0.1, 0.15) is 5.02 Å². The molecular weight excluding hydrogens is 244 g/mol. The van der Waals surface area contributed by atoms with Gasteiger partial charge >= 0.3 is 5.97 Å². The lowest BCUT2D eigenvalue weighted by molar-refractivity contribution is 0.0588. The molecule has 0 radical (unpaired) electrons. The van der Waals surface area contributed by atoms with Crippen LogP contribution < -0.4 is 4.74 Å². The molecule has 0 atom stereocenters. The van der Waals surface area contributed by atoms with E-state index in [4.69, 9.17) is 11.6 Å². The van der Waals surface area contributed by atoms with Crippen molar-refractivity contribution in [3.05, 3.63) is 22.3 Å². The Morgan fingerprint density at radius 2 is 2.12 bits per heavy atom. The second-order valence-corrected chi connectivity index (χ2v) is 3.08. The summed E-state index contributed by atoms with van der Waals surface area (Å²) in [6, 6.07) is 0. The molecule has 0 amide bonds. The number of esters is 1. The number of nitrogens with zero attached hydrogens (tertiary/aromatic N) is 1. The number of carbonyl (C=O) groups excluding carboxylic acids is 1. The van der Waals surface area contributed by atoms with Crippen LogP contribution in [0, 0.1) is 0 Å². The van der Waals surface area contributed by atoms with E-state index in [2.05, 4.69) is 14.5 Å². The molecule has 0 bridgehead atoms. The maximum atomic E-state index is 12.7. The molecule has 16 heavy (non-hydrogen) atoms. The fourth-order valence-corrected chi connectivity index (χ4v) is 1.42. The number of hydrogen-bond acceptors (Lipinski definition) is 4. The van der Waals surface area contributed by atoms with Crippen LogP contribution in [-0.4, -0.2) is 25.2 Å². The van der Waals surface area contributed by atoms with E-state index >= 15 is 0 Å². The van der Waals surface area contributed by atoms with E-state index in [0.717, 1.165) is 13.3 Å². The van der Waals surface area contributed by atoms with Gasteiger partial charge in [-0.05, 0) is 0 Å². The lowest BCUT2D eigenvalue weighted by Gasteiger charge is -2.10. The van der Waals surface area contributed by atoms with Crippen LogP contribution in [-0.2, 0) is 4.74 Å². The lowest BCUT2D eigenvalue weighted by atomic mass is 10.1. The van der Waals surface area contributed by atoms with Crippen molar-refractivity contribution < 1.29 is 23.0 Å². The van der Waals surface area contributed by atoms with E-state index in [1.54, 1.807) is 0 Å². The number of carbonyl (C=O) groups is 1. The van der Waals surface area contributed by atoms with Gasteiger partial charge in [0.25, 0.3) is 6.43 Å². The molecule has 1 aromatic heterocycles. The summed E-state index contributed by atoms with van der Waals surface area (Å²) in [4.78, 5) is 14.8. The Balaban J connectivity index is 3.40. The predicted octanol–water partition coefficient (Wildman–Crippen LogP) is 2.47. The topological polar surface area (TPSA) is 48.4 Å². The van der Waals surface area contributed by atoms with Crippen molar-refractivity contribution in [1.82, 2.24) is 4.98 Å². The smallest absolute Gasteiger partial charge is 0.339 e. The van der Waals surface area contributed by atoms with Crippen molar-refractivity contribution in [1.29, 1.82) is 0 Å². The third kappa shape index (κ3) is 2.21. The number of hydrogen-bond donors (Lipinski definition) is 0. The van der Waals surface area contributed by atoms with Gasteiger partial charge in [-0.2, -0.15) is 0 Å². The van der Waals surface area contributed by atoms with Crippen molar-refractivity contribution in [3.63, 3.8) is 0 Å². The number of aromatic nitrogens is 1. The van der Waals surface area contributed by atoms with Crippen LogP contribution >= 0.6 is 11.6 Å². The van der Waals surface area contributed by atoms with E-state index in [9.17, 15) is 13.6 Å². The molecule has 0 aliphatic rings. The highest BCUT2D eigenvalue weighted by molar-refractivity contribution is 6.33. The summed E-state index contributed by atoms with van der Waals surface area (Å²) in [5, 5.41) is -0.389. The van der Waals surface area contributed by atoms with Crippen LogP contribution in [0.4, 0.5) is 8.78 Å². The number of ether oxygens (including phenoxy) is 2. The molecule has 1 rings (SSSR count). The van der Waals surface area contributed by atoms with E-state index in [0.29, 0.717) is 0 Å². The number of rotatable bonds is 3. The standard InChI is InChI=1S/C9H8ClF2NO3/c1-15-8-6(10)5(7(11)12)4(3-13-8)9(14)16-2/h3,7H,1-2H3. The van der Waals surface area contributed by atoms with Gasteiger partial charge in [0.2, 0.25) is 5.88 Å². The minimum absolute atomic E-state index is 0.162. The molecule has 7 heteroatoms. The summed E-state index contributed by atoms with van der Waals surface area (Å²) >= 11 is 5.63. The number of halogens is 3. The average Bonchev–Trinajstić information content (AvgIpc) is 2.26. The zero-order chi connectivity index (χ0) is 12.3. The van der Waals surface area contributed by atoms with Crippen LogP contribution in [0.2, 0.25) is 5.02 Å². The summed E-state index contributed by atoms with van der Waals surface area (Å²) in [5.74, 6) is -1.09. The van der Waals surface area contributed by atoms with Crippen molar-refractivity contribution in [3.8, 4) is 5.88 Å². The highest BCUT2D eigenvalue weighted by atomic mass is 35.5. The van der Waals surface area contributed by atoms with Gasteiger partial charge in [-0.15, -0.1) is 0 Å². The summed E-state index contributed by atoms with van der Waals surface area (Å²) in [5.41, 5.74) is -1.01. The summed E-state index contributed by atoms with van der Waals surface area (Å²) in [6.45, 7) is 0. The van der Waals surface area contributed by atoms with Crippen molar-refractivity contribution in [2.45, 2.75) is 6.43 Å². The highest BCUT2D eigenvalue weighted by Gasteiger charge is 2.25. The molecule has 0 spiro atoms. The second-order valence-electron chi connectivity index (χ2n) is 2.70. The largest absolute Gasteiger partial charge is 0.480 e. The van der Waals surface area contributed by atoms with Gasteiger partial charge in [0, 0.05) is 6.20 Å². The Hall–Kier alpha value is -1.43. The number of alkyl halides is 2. The Bertz CT molecular complexity index is 412. The predicted molar refractivity (Wildman–Crippen MR) is 52.1 cm³/mol. The second kappa shape index (κ2) is 5.07. The number of pyridine rings is 1. The first-order chi connectivity index (χ1) is 7.52. The van der Waals surface area contributed by atoms with Gasteiger partial charge in [-0.25, -0.2) is 18.6 Å². The first-order valence-electron chi connectivity index (χ1n) is 4.11. The zero-order valence-electron chi connectivity index (χ0n) is 8.46. The van der Waals surface area contributed by atoms with Gasteiger partial charge in [0.05, 0.1) is 25.3 Å². The maximum Gasteiger partial charge on any atom is 0.339 e. The van der Waals surface area contributed by atoms with Crippen LogP contribution in [0.5, 0.6) is 5.88 Å². The molecule has 4 nitrogen and oxygen atoms in total. The van der Waals surface area contributed by atoms with E-state index in [1.807, 2.05) is 0 Å². The SMILES string of the molecule is COC(=O)c1cnc(OC)c(Cl)c1C(F)F. The molecule has 0 aliphatic carbocycles. The van der Waals surface area contributed by atoms with Gasteiger partial charge < -0.3 is 9.47 Å². The molecule has 88 valence electrons. The Morgan fingerprint density at radius 1 is 1.50 bits per heavy atom. The van der Waals surface area contributed by atoms with Crippen molar-refractivity contribution >= 4 is 17.6 Å². The van der Waals surface area contributed by atoms with Crippen molar-refractivity contribution in [2.75, 3.05) is 14.2 Å². The Morgan fingerprint density at radius 3 is 2.56 bits per heavy atom. The third-order valence-electron chi connectivity index (χ3n) is 1.84. The first-order valence-corrected chi connectivity index (χ1v) is 4.49. The molecule has 1 aromatic rings. The normalized spacial score (nSPS) is 10.4. The fraction of sp³-hybridized carbons (Fsp3) is 0.333. The van der Waals surface area contributed by atoms with E-state index < -0.39 is 18.0 Å². The quantitative estimate of drug-likeness (QED) is 0.775. The van der Waals surface area contributed by atoms with E-state index in [1.165, 1.54) is 7.11 Å². The summed E-state index contributed by atoms with van der Waals surface area (Å²) in [7, 11) is 2.32. The summed E-state index contributed by atoms with van der Waals surface area (Å²) in [6.07, 6.45) is -1.98. The minimum Gasteiger partial charge on any atom is -0.480 e. The lowest BCUT2D eigenvalue weighted by Crippen LogP contribution is -2.08. The Labute approximate surface area is 95.1 Å². The van der Waals surface area contributed by atoms with Gasteiger partial charge in [-0.3, -0.25) is 0 Å². The first kappa shape index (κ1) is 12.6. The zero-order valence-corrected chi connectivity index (χ0v) is 9.22. The molecular formula is C9H8ClF2NO3. The average molecular weight is 252 g/mol. The fourth-order valence-electron chi connectivity index (χ4n) is 1.11. The highest BCUT2D eigenvalue weighted by Crippen LogP contribution is 2.35. The summed E-state index contributed by atoms with van der Waals surface area (Å²) < 4.78 is 34.5. The van der Waals surface area contributed by atoms with Gasteiger partial charge in [-0.1, -0.05) is 11.6 Å². The minimum atomic E-state index is -2.92. The monoisotopic (exact) mass is 251 g/mol. The molecule has 0 unspecified atom stereocenters. The Kier molecular flexibility index (Phi) is 4.00. The molecule has 0 aromatic carbocycles. The maximum absolute atomic E-state index is 12.7. The van der Waals surface area contributed by atoms with Crippen LogP contribution in [0.15, 0.2) is 6.20 Å². The third-order valence-corrected chi connectivity index (χ3v) is 2.21. The molecule has 0 aliphatic heterocycles. The number of methoxy groups -OCH3 is 2. The van der Waals surface area contributed by atoms with E-state index in [-0.39, 0.29) is 16.5 Å². The molecule has 0 N–H and O–H groups in total. The van der Waals surface area contributed by atoms with Gasteiger partial charge in [0.15, 0.2) is 0 Å². The van der Waals surface area contributed by atoms with Crippen LogP contribution in [0.1, 0.15) is 22.3 Å². The molecule has 0 fully saturated rings. The van der Waals surface area contributed by atoms with Crippen LogP contribution in [0.3, 0.4) is 0 Å². The molecule has 1 heterocycles. The van der Waals surface area contributed by atoms with Crippen LogP contribution in [0.25, 0.3) is 0 Å². The molecule has 0 saturated heterocycles.